The zero-order valence-corrected chi connectivity index (χ0v) is 4.02. The fourth-order valence-corrected chi connectivity index (χ4v) is 0.241. The van der Waals surface area contributed by atoms with E-state index in [0.717, 1.165) is 19.0 Å². The summed E-state index contributed by atoms with van der Waals surface area (Å²) in [6.45, 7) is 2.07. The van der Waals surface area contributed by atoms with Crippen LogP contribution in [0.3, 0.4) is 0 Å². The molecule has 1 heteroatoms. The molecule has 0 fully saturated rings. The topological polar surface area (TPSA) is 22.3 Å². The highest BCUT2D eigenvalue weighted by Crippen LogP contribution is 1.84. The molecular formula is C5H9N. The molecule has 34 valence electrons. The van der Waals surface area contributed by atoms with E-state index in [1.807, 2.05) is 0 Å². The third kappa shape index (κ3) is 3.54. The Morgan fingerprint density at radius 2 is 2.33 bits per heavy atom. The van der Waals surface area contributed by atoms with Crippen LogP contribution in [0.25, 0.3) is 0 Å². The zero-order valence-electron chi connectivity index (χ0n) is 4.02. The molecule has 1 nitrogen and oxygen atoms in total. The minimum Gasteiger partial charge on any atom is -0.160 e. The maximum atomic E-state index is 8.02. The predicted octanol–water partition coefficient (Wildman–Crippen LogP) is 1.37. The highest BCUT2D eigenvalue weighted by Gasteiger charge is 1.66. The highest BCUT2D eigenvalue weighted by atomic mass is 14.5. The van der Waals surface area contributed by atoms with Gasteiger partial charge in [-0.1, -0.05) is 19.4 Å². The molecule has 0 rings (SSSR count). The van der Waals surface area contributed by atoms with Gasteiger partial charge in [0.2, 0.25) is 0 Å². The molecule has 0 bridgehead atoms. The lowest BCUT2D eigenvalue weighted by Crippen LogP contribution is -1.59. The molecule has 0 spiro atoms. The van der Waals surface area contributed by atoms with Crippen molar-refractivity contribution in [3.05, 3.63) is 12.3 Å². The lowest BCUT2D eigenvalue weighted by Gasteiger charge is -1.74. The number of hydrogen-bond donors (Lipinski definition) is 0. The Kier molecular flexibility index (Phi) is 4.19. The smallest absolute Gasteiger partial charge is 0.0455 e. The second-order valence-electron chi connectivity index (χ2n) is 1.17. The van der Waals surface area contributed by atoms with Crippen LogP contribution in [0.1, 0.15) is 19.8 Å². The summed E-state index contributed by atoms with van der Waals surface area (Å²) < 4.78 is 0. The summed E-state index contributed by atoms with van der Waals surface area (Å²) in [6.07, 6.45) is 4.91. The van der Waals surface area contributed by atoms with Crippen molar-refractivity contribution in [1.82, 2.24) is 5.73 Å². The first-order chi connectivity index (χ1) is 2.91. The van der Waals surface area contributed by atoms with E-state index in [-0.39, 0.29) is 0 Å². The monoisotopic (exact) mass is 83.1 g/mol. The Hall–Kier alpha value is -0.460. The fraction of sp³-hybridized carbons (Fsp3) is 0.600. The standard InChI is InChI=1S/C5H9N/c1-2-3-4-5-6/h4-5H,2-3H2,1H3. The molecule has 0 aromatic rings. The molecule has 0 aliphatic rings. The molecule has 0 saturated carbocycles. The van der Waals surface area contributed by atoms with Crippen LogP contribution in [0.15, 0.2) is 12.3 Å². The van der Waals surface area contributed by atoms with Gasteiger partial charge in [-0.15, -0.1) is 0 Å². The van der Waals surface area contributed by atoms with Crippen LogP contribution in [0.2, 0.25) is 0 Å². The first kappa shape index (κ1) is 5.54. The first-order valence-corrected chi connectivity index (χ1v) is 2.21. The molecule has 0 aromatic heterocycles. The van der Waals surface area contributed by atoms with E-state index in [1.165, 1.54) is 0 Å². The van der Waals surface area contributed by atoms with Crippen LogP contribution in [-0.2, 0) is 0 Å². The zero-order chi connectivity index (χ0) is 4.83. The van der Waals surface area contributed by atoms with Crippen LogP contribution in [-0.4, -0.2) is 0 Å². The molecule has 0 heterocycles. The number of hydrogen-bond acceptors (Lipinski definition) is 0. The van der Waals surface area contributed by atoms with Crippen molar-refractivity contribution in [2.45, 2.75) is 19.8 Å². The second kappa shape index (κ2) is 4.54. The maximum absolute atomic E-state index is 8.02. The summed E-state index contributed by atoms with van der Waals surface area (Å²) >= 11 is 0. The molecule has 0 aliphatic heterocycles. The van der Waals surface area contributed by atoms with E-state index >= 15 is 0 Å². The van der Waals surface area contributed by atoms with Gasteiger partial charge in [0, 0.05) is 6.20 Å². The van der Waals surface area contributed by atoms with Gasteiger partial charge in [0.1, 0.15) is 0 Å². The normalized spacial score (nSPS) is 10.2. The average Bonchev–Trinajstić information content (AvgIpc) is 1.61. The molecule has 0 aliphatic carbocycles. The Balaban J connectivity index is 2.66. The van der Waals surface area contributed by atoms with E-state index < -0.39 is 0 Å². The highest BCUT2D eigenvalue weighted by molar-refractivity contribution is 4.73. The van der Waals surface area contributed by atoms with E-state index in [1.54, 1.807) is 6.08 Å². The molecule has 6 heavy (non-hydrogen) atoms. The minimum absolute atomic E-state index is 0.983. The maximum Gasteiger partial charge on any atom is 0.0455 e. The van der Waals surface area contributed by atoms with Crippen molar-refractivity contribution < 1.29 is 0 Å². The van der Waals surface area contributed by atoms with E-state index in [9.17, 15) is 0 Å². The van der Waals surface area contributed by atoms with Crippen LogP contribution >= 0.6 is 0 Å². The molecule has 0 atom stereocenters. The minimum atomic E-state index is 0.983. The molecule has 0 aromatic carbocycles. The van der Waals surface area contributed by atoms with Crippen molar-refractivity contribution in [2.24, 2.45) is 0 Å². The van der Waals surface area contributed by atoms with Crippen LogP contribution in [0, 0.1) is 0 Å². The van der Waals surface area contributed by atoms with Crippen molar-refractivity contribution in [3.63, 3.8) is 0 Å². The van der Waals surface area contributed by atoms with Gasteiger partial charge in [-0.05, 0) is 6.42 Å². The summed E-state index contributed by atoms with van der Waals surface area (Å²) in [5, 5.41) is 0. The third-order valence-electron chi connectivity index (χ3n) is 0.561. The summed E-state index contributed by atoms with van der Waals surface area (Å²) in [4.78, 5) is 0. The summed E-state index contributed by atoms with van der Waals surface area (Å²) in [5.74, 6) is 0. The number of allylic oxidation sites excluding steroid dienone is 1. The molecular weight excluding hydrogens is 74.1 g/mol. The van der Waals surface area contributed by atoms with Gasteiger partial charge >= 0.3 is 0 Å². The number of rotatable bonds is 2. The molecule has 0 saturated heterocycles. The first-order valence-electron chi connectivity index (χ1n) is 2.21. The largest absolute Gasteiger partial charge is 0.160 e. The Morgan fingerprint density at radius 3 is 2.50 bits per heavy atom. The molecule has 0 unspecified atom stereocenters. The van der Waals surface area contributed by atoms with Gasteiger partial charge < -0.3 is 0 Å². The van der Waals surface area contributed by atoms with Crippen LogP contribution in [0.5, 0.6) is 0 Å². The predicted molar refractivity (Wildman–Crippen MR) is 26.2 cm³/mol. The van der Waals surface area contributed by atoms with Crippen molar-refractivity contribution >= 4 is 0 Å². The van der Waals surface area contributed by atoms with E-state index in [2.05, 4.69) is 6.92 Å². The van der Waals surface area contributed by atoms with Crippen molar-refractivity contribution in [2.75, 3.05) is 0 Å². The molecule has 0 amide bonds. The Bertz CT molecular complexity index is 39.2. The molecule has 0 N–H and O–H groups in total. The summed E-state index contributed by atoms with van der Waals surface area (Å²) in [5.41, 5.74) is 8.02. The van der Waals surface area contributed by atoms with Crippen molar-refractivity contribution in [1.29, 1.82) is 0 Å². The van der Waals surface area contributed by atoms with Gasteiger partial charge in [0.05, 0.1) is 0 Å². The van der Waals surface area contributed by atoms with Gasteiger partial charge in [-0.3, -0.25) is 0 Å². The third-order valence-corrected chi connectivity index (χ3v) is 0.561. The van der Waals surface area contributed by atoms with Crippen LogP contribution in [0.4, 0.5) is 0 Å². The summed E-state index contributed by atoms with van der Waals surface area (Å²) in [7, 11) is 0. The van der Waals surface area contributed by atoms with Gasteiger partial charge in [0.15, 0.2) is 0 Å². The SMILES string of the molecule is CCCC=C[N]. The van der Waals surface area contributed by atoms with Crippen molar-refractivity contribution in [3.8, 4) is 0 Å². The average molecular weight is 83.1 g/mol. The van der Waals surface area contributed by atoms with Gasteiger partial charge in [-0.25, -0.2) is 0 Å². The van der Waals surface area contributed by atoms with Gasteiger partial charge in [0.25, 0.3) is 0 Å². The number of nitrogens with zero attached hydrogens (tertiary/aromatic N) is 1. The fourth-order valence-electron chi connectivity index (χ4n) is 0.241. The van der Waals surface area contributed by atoms with E-state index in [4.69, 9.17) is 5.73 Å². The number of unbranched alkanes of at least 4 members (excludes halogenated alkanes) is 1. The summed E-state index contributed by atoms with van der Waals surface area (Å²) in [6, 6.07) is 0. The Labute approximate surface area is 38.8 Å². The second-order valence-corrected chi connectivity index (χ2v) is 1.17. The quantitative estimate of drug-likeness (QED) is 0.481. The molecule has 2 radical (unpaired) electrons. The Morgan fingerprint density at radius 1 is 1.67 bits per heavy atom. The van der Waals surface area contributed by atoms with E-state index in [0.29, 0.717) is 0 Å². The van der Waals surface area contributed by atoms with Crippen LogP contribution < -0.4 is 5.73 Å². The van der Waals surface area contributed by atoms with Gasteiger partial charge in [-0.2, -0.15) is 5.73 Å². The lowest BCUT2D eigenvalue weighted by molar-refractivity contribution is 0.955. The lowest BCUT2D eigenvalue weighted by atomic mass is 10.3.